The van der Waals surface area contributed by atoms with Crippen LogP contribution < -0.4 is 5.32 Å². The van der Waals surface area contributed by atoms with E-state index in [1.54, 1.807) is 6.07 Å². The van der Waals surface area contributed by atoms with Gasteiger partial charge in [0.25, 0.3) is 0 Å². The molecule has 3 rings (SSSR count). The van der Waals surface area contributed by atoms with Crippen LogP contribution in [-0.2, 0) is 13.0 Å². The Bertz CT molecular complexity index is 512. The maximum Gasteiger partial charge on any atom is 0.213 e. The zero-order valence-electron chi connectivity index (χ0n) is 9.19. The van der Waals surface area contributed by atoms with Gasteiger partial charge in [0.2, 0.25) is 6.39 Å². The van der Waals surface area contributed by atoms with Gasteiger partial charge < -0.3 is 9.84 Å². The molecule has 1 heterocycles. The second-order valence-corrected chi connectivity index (χ2v) is 4.16. The van der Waals surface area contributed by atoms with Crippen molar-refractivity contribution in [2.24, 2.45) is 0 Å². The Balaban J connectivity index is 1.71. The Morgan fingerprint density at radius 3 is 3.24 bits per heavy atom. The predicted molar refractivity (Wildman–Crippen MR) is 58.6 cm³/mol. The summed E-state index contributed by atoms with van der Waals surface area (Å²) < 4.78 is 17.7. The molecule has 17 heavy (non-hydrogen) atoms. The molecule has 1 aliphatic carbocycles. The molecule has 0 radical (unpaired) electrons. The van der Waals surface area contributed by atoms with Crippen LogP contribution in [0.1, 0.15) is 29.4 Å². The molecule has 5 heteroatoms. The van der Waals surface area contributed by atoms with Crippen molar-refractivity contribution in [1.29, 1.82) is 0 Å². The normalized spacial score (nSPS) is 18.3. The molecule has 1 aromatic carbocycles. The van der Waals surface area contributed by atoms with Crippen molar-refractivity contribution in [2.45, 2.75) is 25.4 Å². The minimum atomic E-state index is -0.164. The molecule has 0 amide bonds. The highest BCUT2D eigenvalue weighted by Gasteiger charge is 2.22. The molecule has 0 fully saturated rings. The molecule has 0 bridgehead atoms. The van der Waals surface area contributed by atoms with E-state index in [4.69, 9.17) is 0 Å². The smallest absolute Gasteiger partial charge is 0.213 e. The van der Waals surface area contributed by atoms with E-state index in [-0.39, 0.29) is 11.9 Å². The Labute approximate surface area is 97.8 Å². The first-order valence-corrected chi connectivity index (χ1v) is 5.60. The second kappa shape index (κ2) is 4.25. The zero-order valence-corrected chi connectivity index (χ0v) is 9.19. The van der Waals surface area contributed by atoms with Crippen LogP contribution in [0, 0.1) is 5.82 Å². The summed E-state index contributed by atoms with van der Waals surface area (Å²) >= 11 is 0. The number of fused-ring (bicyclic) bond motifs is 1. The van der Waals surface area contributed by atoms with Gasteiger partial charge >= 0.3 is 0 Å². The summed E-state index contributed by atoms with van der Waals surface area (Å²) in [7, 11) is 0. The van der Waals surface area contributed by atoms with Gasteiger partial charge in [0.05, 0.1) is 6.54 Å². The first kappa shape index (κ1) is 10.4. The first-order valence-electron chi connectivity index (χ1n) is 5.60. The van der Waals surface area contributed by atoms with Gasteiger partial charge in [-0.3, -0.25) is 0 Å². The molecule has 1 unspecified atom stereocenters. The van der Waals surface area contributed by atoms with Gasteiger partial charge in [-0.2, -0.15) is 4.98 Å². The Hall–Kier alpha value is -1.75. The number of hydrogen-bond acceptors (Lipinski definition) is 4. The lowest BCUT2D eigenvalue weighted by Crippen LogP contribution is -2.19. The summed E-state index contributed by atoms with van der Waals surface area (Å²) in [5.74, 6) is 0.475. The number of benzene rings is 1. The number of hydrogen-bond donors (Lipinski definition) is 1. The molecule has 1 atom stereocenters. The average Bonchev–Trinajstić information content (AvgIpc) is 2.94. The van der Waals surface area contributed by atoms with Crippen molar-refractivity contribution in [1.82, 2.24) is 15.5 Å². The maximum absolute atomic E-state index is 13.0. The fraction of sp³-hybridized carbons (Fsp3) is 0.333. The van der Waals surface area contributed by atoms with Crippen LogP contribution in [0.5, 0.6) is 0 Å². The van der Waals surface area contributed by atoms with Gasteiger partial charge in [-0.15, -0.1) is 0 Å². The highest BCUT2D eigenvalue weighted by atomic mass is 19.1. The Kier molecular flexibility index (Phi) is 2.60. The monoisotopic (exact) mass is 233 g/mol. The van der Waals surface area contributed by atoms with E-state index in [9.17, 15) is 4.39 Å². The SMILES string of the molecule is Fc1ccc2c(c1)CCC2NCc1ncon1. The fourth-order valence-corrected chi connectivity index (χ4v) is 2.28. The summed E-state index contributed by atoms with van der Waals surface area (Å²) in [6.45, 7) is 0.567. The lowest BCUT2D eigenvalue weighted by molar-refractivity contribution is 0.403. The van der Waals surface area contributed by atoms with Crippen molar-refractivity contribution in [2.75, 3.05) is 0 Å². The van der Waals surface area contributed by atoms with Crippen molar-refractivity contribution in [3.05, 3.63) is 47.4 Å². The molecular formula is C12H12FN3O. The van der Waals surface area contributed by atoms with Crippen molar-refractivity contribution in [3.63, 3.8) is 0 Å². The summed E-state index contributed by atoms with van der Waals surface area (Å²) in [5, 5.41) is 7.09. The molecule has 1 aliphatic rings. The first-order chi connectivity index (χ1) is 8.33. The Morgan fingerprint density at radius 2 is 2.41 bits per heavy atom. The highest BCUT2D eigenvalue weighted by Crippen LogP contribution is 2.31. The molecule has 0 saturated carbocycles. The van der Waals surface area contributed by atoms with Crippen LogP contribution >= 0.6 is 0 Å². The topological polar surface area (TPSA) is 51.0 Å². The predicted octanol–water partition coefficient (Wildman–Crippen LogP) is 1.99. The average molecular weight is 233 g/mol. The van der Waals surface area contributed by atoms with Crippen LogP contribution in [0.15, 0.2) is 29.1 Å². The van der Waals surface area contributed by atoms with Crippen LogP contribution in [0.2, 0.25) is 0 Å². The lowest BCUT2D eigenvalue weighted by Gasteiger charge is -2.12. The number of nitrogens with one attached hydrogen (secondary N) is 1. The third-order valence-corrected chi connectivity index (χ3v) is 3.10. The number of rotatable bonds is 3. The van der Waals surface area contributed by atoms with E-state index in [2.05, 4.69) is 20.0 Å². The summed E-state index contributed by atoms with van der Waals surface area (Å²) in [6.07, 6.45) is 3.21. The zero-order chi connectivity index (χ0) is 11.7. The molecule has 1 N–H and O–H groups in total. The molecule has 1 aromatic heterocycles. The molecule has 88 valence electrons. The molecule has 2 aromatic rings. The highest BCUT2D eigenvalue weighted by molar-refractivity contribution is 5.34. The van der Waals surface area contributed by atoms with Gasteiger partial charge in [-0.05, 0) is 36.1 Å². The van der Waals surface area contributed by atoms with E-state index < -0.39 is 0 Å². The minimum Gasteiger partial charge on any atom is -0.343 e. The standard InChI is InChI=1S/C12H12FN3O/c13-9-2-3-10-8(5-9)1-4-11(10)14-6-12-15-7-17-16-12/h2-3,5,7,11,14H,1,4,6H2. The Morgan fingerprint density at radius 1 is 1.47 bits per heavy atom. The molecule has 0 spiro atoms. The molecule has 0 aliphatic heterocycles. The van der Waals surface area contributed by atoms with Gasteiger partial charge in [-0.1, -0.05) is 11.2 Å². The van der Waals surface area contributed by atoms with Gasteiger partial charge in [-0.25, -0.2) is 4.39 Å². The molecular weight excluding hydrogens is 221 g/mol. The molecule has 4 nitrogen and oxygen atoms in total. The third-order valence-electron chi connectivity index (χ3n) is 3.10. The summed E-state index contributed by atoms with van der Waals surface area (Å²) in [5.41, 5.74) is 2.27. The van der Waals surface area contributed by atoms with E-state index in [0.29, 0.717) is 12.4 Å². The van der Waals surface area contributed by atoms with E-state index in [1.165, 1.54) is 18.0 Å². The van der Waals surface area contributed by atoms with E-state index >= 15 is 0 Å². The summed E-state index contributed by atoms with van der Waals surface area (Å²) in [4.78, 5) is 3.95. The van der Waals surface area contributed by atoms with Crippen molar-refractivity contribution in [3.8, 4) is 0 Å². The lowest BCUT2D eigenvalue weighted by atomic mass is 10.1. The number of aromatic nitrogens is 2. The van der Waals surface area contributed by atoms with Crippen LogP contribution in [-0.4, -0.2) is 10.1 Å². The third kappa shape index (κ3) is 2.06. The van der Waals surface area contributed by atoms with Gasteiger partial charge in [0, 0.05) is 6.04 Å². The van der Waals surface area contributed by atoms with Crippen molar-refractivity contribution >= 4 is 0 Å². The van der Waals surface area contributed by atoms with E-state index in [0.717, 1.165) is 18.4 Å². The number of aryl methyl sites for hydroxylation is 1. The van der Waals surface area contributed by atoms with E-state index in [1.807, 2.05) is 6.07 Å². The van der Waals surface area contributed by atoms with Crippen LogP contribution in [0.25, 0.3) is 0 Å². The van der Waals surface area contributed by atoms with Gasteiger partial charge in [0.1, 0.15) is 5.82 Å². The minimum absolute atomic E-state index is 0.164. The maximum atomic E-state index is 13.0. The largest absolute Gasteiger partial charge is 0.343 e. The number of nitrogens with zero attached hydrogens (tertiary/aromatic N) is 2. The van der Waals surface area contributed by atoms with Crippen molar-refractivity contribution < 1.29 is 8.91 Å². The van der Waals surface area contributed by atoms with Gasteiger partial charge in [0.15, 0.2) is 5.82 Å². The quantitative estimate of drug-likeness (QED) is 0.880. The molecule has 0 saturated heterocycles. The second-order valence-electron chi connectivity index (χ2n) is 4.16. The van der Waals surface area contributed by atoms with Crippen LogP contribution in [0.4, 0.5) is 4.39 Å². The number of halogens is 1. The fourth-order valence-electron chi connectivity index (χ4n) is 2.28. The summed E-state index contributed by atoms with van der Waals surface area (Å²) in [6, 6.07) is 5.23. The van der Waals surface area contributed by atoms with Crippen LogP contribution in [0.3, 0.4) is 0 Å².